The van der Waals surface area contributed by atoms with Crippen molar-refractivity contribution in [1.29, 1.82) is 0 Å². The highest BCUT2D eigenvalue weighted by Crippen LogP contribution is 2.35. The fourth-order valence-electron chi connectivity index (χ4n) is 2.95. The molecule has 2 aromatic heterocycles. The van der Waals surface area contributed by atoms with E-state index in [2.05, 4.69) is 20.8 Å². The molecule has 0 amide bonds. The molecule has 108 valence electrons. The Bertz CT molecular complexity index is 807. The second-order valence-electron chi connectivity index (χ2n) is 5.97. The monoisotopic (exact) mass is 282 g/mol. The predicted octanol–water partition coefficient (Wildman–Crippen LogP) is 3.30. The van der Waals surface area contributed by atoms with Crippen LogP contribution in [0, 0.1) is 19.8 Å². The third-order valence-electron chi connectivity index (χ3n) is 4.23. The van der Waals surface area contributed by atoms with E-state index in [4.69, 9.17) is 10.3 Å². The van der Waals surface area contributed by atoms with Crippen molar-refractivity contribution in [2.24, 2.45) is 5.92 Å². The van der Waals surface area contributed by atoms with E-state index in [1.165, 1.54) is 12.8 Å². The van der Waals surface area contributed by atoms with Crippen molar-refractivity contribution < 1.29 is 4.52 Å². The van der Waals surface area contributed by atoms with Gasteiger partial charge in [0.15, 0.2) is 0 Å². The molecular weight excluding hydrogens is 264 g/mol. The van der Waals surface area contributed by atoms with Crippen LogP contribution in [0.4, 0.5) is 5.69 Å². The summed E-state index contributed by atoms with van der Waals surface area (Å²) in [7, 11) is 0. The molecule has 2 heterocycles. The summed E-state index contributed by atoms with van der Waals surface area (Å²) in [5, 5.41) is 4.03. The molecule has 0 spiro atoms. The minimum Gasteiger partial charge on any atom is -0.397 e. The molecule has 4 rings (SSSR count). The Kier molecular flexibility index (Phi) is 2.58. The maximum atomic E-state index is 6.20. The van der Waals surface area contributed by atoms with E-state index >= 15 is 0 Å². The third kappa shape index (κ3) is 2.00. The molecule has 1 aromatic carbocycles. The van der Waals surface area contributed by atoms with Crippen molar-refractivity contribution in [1.82, 2.24) is 14.7 Å². The van der Waals surface area contributed by atoms with Gasteiger partial charge in [0.25, 0.3) is 0 Å². The summed E-state index contributed by atoms with van der Waals surface area (Å²) >= 11 is 0. The fraction of sp³-hybridized carbons (Fsp3) is 0.375. The summed E-state index contributed by atoms with van der Waals surface area (Å²) in [5.74, 6) is 1.62. The first kappa shape index (κ1) is 12.4. The second kappa shape index (κ2) is 4.35. The smallest absolute Gasteiger partial charge is 0.141 e. The summed E-state index contributed by atoms with van der Waals surface area (Å²) in [6, 6.07) is 4.11. The summed E-state index contributed by atoms with van der Waals surface area (Å²) in [5.41, 5.74) is 11.8. The van der Waals surface area contributed by atoms with Crippen LogP contribution < -0.4 is 5.73 Å². The normalized spacial score (nSPS) is 15.0. The summed E-state index contributed by atoms with van der Waals surface area (Å²) in [6.07, 6.45) is 4.54. The number of benzene rings is 1. The number of fused-ring (bicyclic) bond motifs is 1. The van der Waals surface area contributed by atoms with Crippen molar-refractivity contribution in [3.8, 4) is 11.1 Å². The highest BCUT2D eigenvalue weighted by atomic mass is 16.5. The third-order valence-corrected chi connectivity index (χ3v) is 4.23. The Balaban J connectivity index is 1.90. The first-order valence-electron chi connectivity index (χ1n) is 7.31. The van der Waals surface area contributed by atoms with Crippen LogP contribution in [0.2, 0.25) is 0 Å². The van der Waals surface area contributed by atoms with Crippen molar-refractivity contribution in [2.75, 3.05) is 5.73 Å². The first-order chi connectivity index (χ1) is 10.1. The van der Waals surface area contributed by atoms with Crippen molar-refractivity contribution in [3.05, 3.63) is 29.9 Å². The van der Waals surface area contributed by atoms with E-state index in [0.717, 1.165) is 46.1 Å². The number of aromatic nitrogens is 3. The van der Waals surface area contributed by atoms with E-state index in [-0.39, 0.29) is 0 Å². The molecule has 0 unspecified atom stereocenters. The van der Waals surface area contributed by atoms with Gasteiger partial charge in [0.05, 0.1) is 23.2 Å². The SMILES string of the molecule is Cc1noc(C)c1-c1cc(N)c2ncn(CC3CC3)c2c1. The summed E-state index contributed by atoms with van der Waals surface area (Å²) < 4.78 is 7.49. The fourth-order valence-corrected chi connectivity index (χ4v) is 2.95. The number of nitrogens with zero attached hydrogens (tertiary/aromatic N) is 3. The van der Waals surface area contributed by atoms with Crippen LogP contribution in [0.5, 0.6) is 0 Å². The maximum Gasteiger partial charge on any atom is 0.141 e. The number of anilines is 1. The first-order valence-corrected chi connectivity index (χ1v) is 7.31. The van der Waals surface area contributed by atoms with Gasteiger partial charge in [-0.05, 0) is 50.3 Å². The molecular formula is C16H18N4O. The Hall–Kier alpha value is -2.30. The molecule has 0 saturated heterocycles. The molecule has 2 N–H and O–H groups in total. The van der Waals surface area contributed by atoms with Crippen LogP contribution in [-0.4, -0.2) is 14.7 Å². The van der Waals surface area contributed by atoms with E-state index in [9.17, 15) is 0 Å². The number of nitrogens with two attached hydrogens (primary N) is 1. The average molecular weight is 282 g/mol. The van der Waals surface area contributed by atoms with Crippen LogP contribution in [0.25, 0.3) is 22.2 Å². The lowest BCUT2D eigenvalue weighted by Gasteiger charge is -2.07. The largest absolute Gasteiger partial charge is 0.397 e. The molecule has 0 aliphatic heterocycles. The van der Waals surface area contributed by atoms with E-state index in [1.54, 1.807) is 0 Å². The van der Waals surface area contributed by atoms with E-state index in [1.807, 2.05) is 26.2 Å². The molecule has 1 aliphatic rings. The molecule has 0 atom stereocenters. The number of aryl methyl sites for hydroxylation is 2. The van der Waals surface area contributed by atoms with E-state index < -0.39 is 0 Å². The molecule has 5 nitrogen and oxygen atoms in total. The molecule has 0 radical (unpaired) electrons. The number of hydrogen-bond acceptors (Lipinski definition) is 4. The lowest BCUT2D eigenvalue weighted by atomic mass is 10.0. The van der Waals surface area contributed by atoms with Crippen LogP contribution in [0.3, 0.4) is 0 Å². The Morgan fingerprint density at radius 2 is 2.14 bits per heavy atom. The highest BCUT2D eigenvalue weighted by Gasteiger charge is 2.23. The standard InChI is InChI=1S/C16H18N4O/c1-9-15(10(2)21-19-9)12-5-13(17)16-14(6-12)20(8-18-16)7-11-3-4-11/h5-6,8,11H,3-4,7,17H2,1-2H3. The predicted molar refractivity (Wildman–Crippen MR) is 81.8 cm³/mol. The lowest BCUT2D eigenvalue weighted by Crippen LogP contribution is -1.98. The zero-order valence-electron chi connectivity index (χ0n) is 12.3. The van der Waals surface area contributed by atoms with Crippen molar-refractivity contribution >= 4 is 16.7 Å². The van der Waals surface area contributed by atoms with Gasteiger partial charge in [-0.15, -0.1) is 0 Å². The Morgan fingerprint density at radius 1 is 1.33 bits per heavy atom. The molecule has 1 saturated carbocycles. The molecule has 21 heavy (non-hydrogen) atoms. The lowest BCUT2D eigenvalue weighted by molar-refractivity contribution is 0.393. The summed E-state index contributed by atoms with van der Waals surface area (Å²) in [4.78, 5) is 4.47. The van der Waals surface area contributed by atoms with Crippen LogP contribution in [0.15, 0.2) is 23.0 Å². The van der Waals surface area contributed by atoms with Gasteiger partial charge >= 0.3 is 0 Å². The van der Waals surface area contributed by atoms with Crippen LogP contribution in [0.1, 0.15) is 24.3 Å². The zero-order valence-corrected chi connectivity index (χ0v) is 12.3. The maximum absolute atomic E-state index is 6.20. The van der Waals surface area contributed by atoms with Gasteiger partial charge in [0.2, 0.25) is 0 Å². The van der Waals surface area contributed by atoms with Gasteiger partial charge < -0.3 is 14.8 Å². The molecule has 1 aliphatic carbocycles. The van der Waals surface area contributed by atoms with E-state index in [0.29, 0.717) is 5.69 Å². The minimum absolute atomic E-state index is 0.706. The van der Waals surface area contributed by atoms with Gasteiger partial charge in [-0.3, -0.25) is 0 Å². The molecule has 1 fully saturated rings. The zero-order chi connectivity index (χ0) is 14.6. The molecule has 5 heteroatoms. The number of rotatable bonds is 3. The van der Waals surface area contributed by atoms with Crippen molar-refractivity contribution in [2.45, 2.75) is 33.2 Å². The quantitative estimate of drug-likeness (QED) is 0.748. The van der Waals surface area contributed by atoms with Crippen molar-refractivity contribution in [3.63, 3.8) is 0 Å². The molecule has 3 aromatic rings. The van der Waals surface area contributed by atoms with Gasteiger partial charge in [-0.2, -0.15) is 0 Å². The van der Waals surface area contributed by atoms with Gasteiger partial charge in [-0.1, -0.05) is 5.16 Å². The number of nitrogen functional groups attached to an aromatic ring is 1. The number of imidazole rings is 1. The molecule has 0 bridgehead atoms. The van der Waals surface area contributed by atoms with Crippen LogP contribution >= 0.6 is 0 Å². The van der Waals surface area contributed by atoms with Gasteiger partial charge in [0.1, 0.15) is 11.3 Å². The summed E-state index contributed by atoms with van der Waals surface area (Å²) in [6.45, 7) is 4.91. The Morgan fingerprint density at radius 3 is 2.81 bits per heavy atom. The minimum atomic E-state index is 0.706. The Labute approximate surface area is 122 Å². The highest BCUT2D eigenvalue weighted by molar-refractivity contribution is 5.92. The van der Waals surface area contributed by atoms with Gasteiger partial charge in [-0.25, -0.2) is 4.98 Å². The second-order valence-corrected chi connectivity index (χ2v) is 5.97. The van der Waals surface area contributed by atoms with Gasteiger partial charge in [0, 0.05) is 12.1 Å². The van der Waals surface area contributed by atoms with Crippen LogP contribution in [-0.2, 0) is 6.54 Å². The number of hydrogen-bond donors (Lipinski definition) is 1. The average Bonchev–Trinajstić information content (AvgIpc) is 3.08. The topological polar surface area (TPSA) is 69.9 Å².